The number of hydrogen-bond acceptors (Lipinski definition) is 4. The Balaban J connectivity index is 0.00000144. The minimum atomic E-state index is -0.00435. The van der Waals surface area contributed by atoms with E-state index in [2.05, 4.69) is 14.9 Å². The molecular formula is C10H14Cl2N4O. The maximum Gasteiger partial charge on any atom is 0.237 e. The number of piperazine rings is 1. The van der Waals surface area contributed by atoms with E-state index in [9.17, 15) is 4.79 Å². The van der Waals surface area contributed by atoms with Gasteiger partial charge in [0.05, 0.1) is 0 Å². The van der Waals surface area contributed by atoms with Crippen LogP contribution < -0.4 is 4.90 Å². The highest BCUT2D eigenvalue weighted by Crippen LogP contribution is 2.09. The topological polar surface area (TPSA) is 49.3 Å². The van der Waals surface area contributed by atoms with Gasteiger partial charge >= 0.3 is 0 Å². The predicted molar refractivity (Wildman–Crippen MR) is 68.8 cm³/mol. The van der Waals surface area contributed by atoms with Gasteiger partial charge in [0.15, 0.2) is 0 Å². The van der Waals surface area contributed by atoms with Crippen molar-refractivity contribution in [1.82, 2.24) is 14.9 Å². The number of carbonyl (C=O) groups excluding carboxylic acids is 1. The van der Waals surface area contributed by atoms with Gasteiger partial charge in [0, 0.05) is 38.6 Å². The Kier molecular flexibility index (Phi) is 5.44. The number of rotatable bonds is 2. The van der Waals surface area contributed by atoms with E-state index in [4.69, 9.17) is 11.6 Å². The molecule has 0 bridgehead atoms. The molecule has 0 N–H and O–H groups in total. The molecule has 1 fully saturated rings. The Morgan fingerprint density at radius 2 is 1.82 bits per heavy atom. The molecule has 1 aliphatic rings. The molecule has 0 aliphatic carbocycles. The molecule has 1 saturated heterocycles. The van der Waals surface area contributed by atoms with E-state index >= 15 is 0 Å². The quantitative estimate of drug-likeness (QED) is 0.750. The highest BCUT2D eigenvalue weighted by Gasteiger charge is 2.21. The zero-order valence-electron chi connectivity index (χ0n) is 9.25. The zero-order chi connectivity index (χ0) is 11.4. The fourth-order valence-electron chi connectivity index (χ4n) is 1.69. The van der Waals surface area contributed by atoms with Crippen LogP contribution in [-0.2, 0) is 4.79 Å². The summed E-state index contributed by atoms with van der Waals surface area (Å²) in [7, 11) is 0. The Hall–Kier alpha value is -1.07. The van der Waals surface area contributed by atoms with Crippen LogP contribution in [0.5, 0.6) is 0 Å². The zero-order valence-corrected chi connectivity index (χ0v) is 10.8. The first-order chi connectivity index (χ1) is 7.81. The van der Waals surface area contributed by atoms with Crippen molar-refractivity contribution >= 4 is 35.9 Å². The summed E-state index contributed by atoms with van der Waals surface area (Å²) < 4.78 is 0. The van der Waals surface area contributed by atoms with Gasteiger partial charge in [-0.3, -0.25) is 4.79 Å². The number of anilines is 1. The minimum Gasteiger partial charge on any atom is -0.338 e. The summed E-state index contributed by atoms with van der Waals surface area (Å²) in [5.74, 6) is 0.776. The summed E-state index contributed by atoms with van der Waals surface area (Å²) in [5, 5.41) is 0. The lowest BCUT2D eigenvalue weighted by Crippen LogP contribution is -2.49. The van der Waals surface area contributed by atoms with Crippen molar-refractivity contribution in [2.45, 2.75) is 0 Å². The van der Waals surface area contributed by atoms with Gasteiger partial charge in [0.2, 0.25) is 11.9 Å². The average Bonchev–Trinajstić information content (AvgIpc) is 2.39. The van der Waals surface area contributed by atoms with Crippen molar-refractivity contribution in [1.29, 1.82) is 0 Å². The molecule has 94 valence electrons. The molecule has 1 aromatic rings. The summed E-state index contributed by atoms with van der Waals surface area (Å²) in [4.78, 5) is 23.5. The molecule has 2 heterocycles. The third kappa shape index (κ3) is 3.44. The molecule has 0 unspecified atom stereocenters. The number of hydrogen-bond donors (Lipinski definition) is 0. The summed E-state index contributed by atoms with van der Waals surface area (Å²) in [5.41, 5.74) is 0. The van der Waals surface area contributed by atoms with Gasteiger partial charge in [-0.05, 0) is 6.07 Å². The smallest absolute Gasteiger partial charge is 0.237 e. The molecule has 1 aromatic heterocycles. The van der Waals surface area contributed by atoms with E-state index in [1.807, 2.05) is 0 Å². The fourth-order valence-corrected chi connectivity index (χ4v) is 1.86. The third-order valence-corrected chi connectivity index (χ3v) is 2.81. The second kappa shape index (κ2) is 6.61. The van der Waals surface area contributed by atoms with E-state index < -0.39 is 0 Å². The monoisotopic (exact) mass is 276 g/mol. The molecule has 0 spiro atoms. The number of halogens is 2. The van der Waals surface area contributed by atoms with Crippen LogP contribution in [0.25, 0.3) is 0 Å². The van der Waals surface area contributed by atoms with Gasteiger partial charge in [-0.1, -0.05) is 0 Å². The maximum atomic E-state index is 11.4. The van der Waals surface area contributed by atoms with Gasteiger partial charge in [-0.2, -0.15) is 0 Å². The average molecular weight is 277 g/mol. The molecule has 0 atom stereocenters. The van der Waals surface area contributed by atoms with Gasteiger partial charge in [0.1, 0.15) is 5.88 Å². The highest BCUT2D eigenvalue weighted by atomic mass is 35.5. The standard InChI is InChI=1S/C10H13ClN4O.ClH/c11-8-9(16)14-4-6-15(7-5-14)10-12-2-1-3-13-10;/h1-3H,4-8H2;1H. The van der Waals surface area contributed by atoms with Crippen LogP contribution in [-0.4, -0.2) is 52.8 Å². The third-order valence-electron chi connectivity index (χ3n) is 2.58. The molecule has 7 heteroatoms. The molecule has 2 rings (SSSR count). The van der Waals surface area contributed by atoms with Crippen molar-refractivity contribution in [3.63, 3.8) is 0 Å². The molecule has 1 aliphatic heterocycles. The lowest BCUT2D eigenvalue weighted by Gasteiger charge is -2.34. The van der Waals surface area contributed by atoms with E-state index in [0.717, 1.165) is 19.0 Å². The molecule has 17 heavy (non-hydrogen) atoms. The first-order valence-electron chi connectivity index (χ1n) is 5.17. The first-order valence-corrected chi connectivity index (χ1v) is 5.70. The van der Waals surface area contributed by atoms with Crippen LogP contribution in [0.3, 0.4) is 0 Å². The Morgan fingerprint density at radius 3 is 2.35 bits per heavy atom. The normalized spacial score (nSPS) is 15.4. The second-order valence-electron chi connectivity index (χ2n) is 3.55. The summed E-state index contributed by atoms with van der Waals surface area (Å²) in [6, 6.07) is 1.79. The van der Waals surface area contributed by atoms with Crippen molar-refractivity contribution < 1.29 is 4.79 Å². The van der Waals surface area contributed by atoms with Crippen molar-refractivity contribution in [3.8, 4) is 0 Å². The van der Waals surface area contributed by atoms with Crippen LogP contribution >= 0.6 is 24.0 Å². The summed E-state index contributed by atoms with van der Waals surface area (Å²) in [6.07, 6.45) is 3.44. The Labute approximate surface area is 111 Å². The molecule has 0 saturated carbocycles. The number of carbonyl (C=O) groups is 1. The first kappa shape index (κ1) is 14.0. The van der Waals surface area contributed by atoms with Crippen LogP contribution in [0, 0.1) is 0 Å². The van der Waals surface area contributed by atoms with Crippen molar-refractivity contribution in [2.75, 3.05) is 37.0 Å². The lowest BCUT2D eigenvalue weighted by atomic mass is 10.3. The number of alkyl halides is 1. The number of amides is 1. The van der Waals surface area contributed by atoms with Gasteiger partial charge in [-0.15, -0.1) is 24.0 Å². The largest absolute Gasteiger partial charge is 0.338 e. The Morgan fingerprint density at radius 1 is 1.24 bits per heavy atom. The Bertz CT molecular complexity index is 355. The number of nitrogens with zero attached hydrogens (tertiary/aromatic N) is 4. The molecule has 0 aromatic carbocycles. The molecule has 1 amide bonds. The van der Waals surface area contributed by atoms with Crippen molar-refractivity contribution in [2.24, 2.45) is 0 Å². The SMILES string of the molecule is Cl.O=C(CCl)N1CCN(c2ncccn2)CC1. The van der Waals surface area contributed by atoms with E-state index in [1.54, 1.807) is 23.4 Å². The summed E-state index contributed by atoms with van der Waals surface area (Å²) >= 11 is 5.51. The van der Waals surface area contributed by atoms with Crippen LogP contribution in [0.2, 0.25) is 0 Å². The molecular weight excluding hydrogens is 263 g/mol. The van der Waals surface area contributed by atoms with Gasteiger partial charge in [-0.25, -0.2) is 9.97 Å². The number of aromatic nitrogens is 2. The van der Waals surface area contributed by atoms with E-state index in [-0.39, 0.29) is 24.2 Å². The molecule has 0 radical (unpaired) electrons. The molecule has 5 nitrogen and oxygen atoms in total. The van der Waals surface area contributed by atoms with Gasteiger partial charge < -0.3 is 9.80 Å². The van der Waals surface area contributed by atoms with E-state index in [1.165, 1.54) is 0 Å². The predicted octanol–water partition coefficient (Wildman–Crippen LogP) is 0.786. The minimum absolute atomic E-state index is 0. The lowest BCUT2D eigenvalue weighted by molar-refractivity contribution is -0.128. The van der Waals surface area contributed by atoms with Crippen LogP contribution in [0.1, 0.15) is 0 Å². The maximum absolute atomic E-state index is 11.4. The van der Waals surface area contributed by atoms with Crippen LogP contribution in [0.4, 0.5) is 5.95 Å². The summed E-state index contributed by atoms with van der Waals surface area (Å²) in [6.45, 7) is 2.88. The van der Waals surface area contributed by atoms with E-state index in [0.29, 0.717) is 13.1 Å². The fraction of sp³-hybridized carbons (Fsp3) is 0.500. The second-order valence-corrected chi connectivity index (χ2v) is 3.82. The van der Waals surface area contributed by atoms with Gasteiger partial charge in [0.25, 0.3) is 0 Å². The van der Waals surface area contributed by atoms with Crippen LogP contribution in [0.15, 0.2) is 18.5 Å². The highest BCUT2D eigenvalue weighted by molar-refractivity contribution is 6.27. The van der Waals surface area contributed by atoms with Crippen molar-refractivity contribution in [3.05, 3.63) is 18.5 Å².